The highest BCUT2D eigenvalue weighted by atomic mass is 16.1. The van der Waals surface area contributed by atoms with E-state index in [0.717, 1.165) is 47.5 Å². The van der Waals surface area contributed by atoms with E-state index in [0.29, 0.717) is 5.56 Å². The standard InChI is InChI=1S/C20H21N3O/c1-14-4-3-5-15(10-14)19-11-16(6-9-22-19)20-12-17(13-24)18(23-20)7-8-21-2/h3-6,9-13,21,23H,7-8H2,1-2H3. The van der Waals surface area contributed by atoms with E-state index in [2.05, 4.69) is 46.5 Å². The Morgan fingerprint density at radius 1 is 1.17 bits per heavy atom. The summed E-state index contributed by atoms with van der Waals surface area (Å²) in [5.41, 5.74) is 6.87. The second-order valence-corrected chi connectivity index (χ2v) is 5.89. The predicted octanol–water partition coefficient (Wildman–Crippen LogP) is 3.63. The number of aldehydes is 1. The van der Waals surface area contributed by atoms with Crippen LogP contribution in [0.5, 0.6) is 0 Å². The second-order valence-electron chi connectivity index (χ2n) is 5.89. The fraction of sp³-hybridized carbons (Fsp3) is 0.200. The Morgan fingerprint density at radius 2 is 2.04 bits per heavy atom. The van der Waals surface area contributed by atoms with Gasteiger partial charge in [0.05, 0.1) is 5.69 Å². The van der Waals surface area contributed by atoms with Crippen LogP contribution in [-0.2, 0) is 6.42 Å². The van der Waals surface area contributed by atoms with Crippen molar-refractivity contribution in [2.75, 3.05) is 13.6 Å². The molecular weight excluding hydrogens is 298 g/mol. The topological polar surface area (TPSA) is 57.8 Å². The van der Waals surface area contributed by atoms with Crippen molar-refractivity contribution < 1.29 is 4.79 Å². The third kappa shape index (κ3) is 3.44. The van der Waals surface area contributed by atoms with Crippen LogP contribution in [0, 0.1) is 6.92 Å². The lowest BCUT2D eigenvalue weighted by atomic mass is 10.1. The molecule has 122 valence electrons. The Kier molecular flexibility index (Phi) is 4.87. The summed E-state index contributed by atoms with van der Waals surface area (Å²) in [6.07, 6.45) is 3.51. The molecule has 0 saturated carbocycles. The maximum absolute atomic E-state index is 11.3. The molecule has 0 bridgehead atoms. The Labute approximate surface area is 142 Å². The lowest BCUT2D eigenvalue weighted by molar-refractivity contribution is 0.112. The monoisotopic (exact) mass is 319 g/mol. The number of pyridine rings is 1. The Hall–Kier alpha value is -2.72. The molecule has 0 amide bonds. The van der Waals surface area contributed by atoms with E-state index >= 15 is 0 Å². The van der Waals surface area contributed by atoms with E-state index in [1.807, 2.05) is 31.4 Å². The second kappa shape index (κ2) is 7.23. The molecule has 0 aliphatic rings. The van der Waals surface area contributed by atoms with E-state index < -0.39 is 0 Å². The smallest absolute Gasteiger partial charge is 0.151 e. The van der Waals surface area contributed by atoms with Gasteiger partial charge in [0, 0.05) is 47.2 Å². The van der Waals surface area contributed by atoms with Gasteiger partial charge in [-0.2, -0.15) is 0 Å². The molecule has 0 spiro atoms. The van der Waals surface area contributed by atoms with Gasteiger partial charge in [-0.3, -0.25) is 9.78 Å². The van der Waals surface area contributed by atoms with Crippen molar-refractivity contribution in [2.24, 2.45) is 0 Å². The fourth-order valence-corrected chi connectivity index (χ4v) is 2.79. The van der Waals surface area contributed by atoms with Gasteiger partial charge in [0.1, 0.15) is 0 Å². The van der Waals surface area contributed by atoms with Gasteiger partial charge in [0.25, 0.3) is 0 Å². The molecule has 4 nitrogen and oxygen atoms in total. The number of nitrogens with zero attached hydrogens (tertiary/aromatic N) is 1. The number of aromatic nitrogens is 2. The average Bonchev–Trinajstić information content (AvgIpc) is 3.03. The molecule has 4 heteroatoms. The van der Waals surface area contributed by atoms with Crippen LogP contribution in [0.3, 0.4) is 0 Å². The highest BCUT2D eigenvalue weighted by molar-refractivity contribution is 5.81. The molecule has 1 aromatic carbocycles. The van der Waals surface area contributed by atoms with Crippen molar-refractivity contribution in [3.63, 3.8) is 0 Å². The van der Waals surface area contributed by atoms with Crippen LogP contribution in [-0.4, -0.2) is 29.8 Å². The minimum Gasteiger partial charge on any atom is -0.358 e. The van der Waals surface area contributed by atoms with Crippen molar-refractivity contribution >= 4 is 6.29 Å². The van der Waals surface area contributed by atoms with Crippen molar-refractivity contribution in [3.8, 4) is 22.5 Å². The number of rotatable bonds is 6. The zero-order chi connectivity index (χ0) is 16.9. The summed E-state index contributed by atoms with van der Waals surface area (Å²) >= 11 is 0. The summed E-state index contributed by atoms with van der Waals surface area (Å²) in [5.74, 6) is 0. The number of carbonyl (C=O) groups excluding carboxylic acids is 1. The molecule has 2 aromatic heterocycles. The number of carbonyl (C=O) groups is 1. The first-order valence-electron chi connectivity index (χ1n) is 8.06. The molecule has 0 atom stereocenters. The van der Waals surface area contributed by atoms with Crippen LogP contribution >= 0.6 is 0 Å². The van der Waals surface area contributed by atoms with Crippen molar-refractivity contribution in [3.05, 3.63) is 65.5 Å². The van der Waals surface area contributed by atoms with Gasteiger partial charge in [-0.25, -0.2) is 0 Å². The first kappa shape index (κ1) is 16.1. The van der Waals surface area contributed by atoms with Crippen LogP contribution in [0.15, 0.2) is 48.7 Å². The molecule has 0 unspecified atom stereocenters. The lowest BCUT2D eigenvalue weighted by Gasteiger charge is -2.05. The molecule has 2 N–H and O–H groups in total. The summed E-state index contributed by atoms with van der Waals surface area (Å²) < 4.78 is 0. The molecule has 0 saturated heterocycles. The molecule has 0 radical (unpaired) electrons. The molecule has 24 heavy (non-hydrogen) atoms. The van der Waals surface area contributed by atoms with E-state index in [9.17, 15) is 4.79 Å². The zero-order valence-corrected chi connectivity index (χ0v) is 14.0. The lowest BCUT2D eigenvalue weighted by Crippen LogP contribution is -2.11. The van der Waals surface area contributed by atoms with Gasteiger partial charge >= 0.3 is 0 Å². The Bertz CT molecular complexity index is 852. The van der Waals surface area contributed by atoms with Crippen LogP contribution in [0.1, 0.15) is 21.6 Å². The SMILES string of the molecule is CNCCc1[nH]c(-c2ccnc(-c3cccc(C)c3)c2)cc1C=O. The number of nitrogens with one attached hydrogen (secondary N) is 2. The summed E-state index contributed by atoms with van der Waals surface area (Å²) in [6.45, 7) is 2.90. The summed E-state index contributed by atoms with van der Waals surface area (Å²) in [6, 6.07) is 14.2. The normalized spacial score (nSPS) is 10.8. The third-order valence-corrected chi connectivity index (χ3v) is 4.07. The summed E-state index contributed by atoms with van der Waals surface area (Å²) in [5, 5.41) is 3.11. The van der Waals surface area contributed by atoms with Crippen molar-refractivity contribution in [1.82, 2.24) is 15.3 Å². The molecular formula is C20H21N3O. The maximum atomic E-state index is 11.3. The van der Waals surface area contributed by atoms with Gasteiger partial charge in [0.15, 0.2) is 6.29 Å². The first-order valence-corrected chi connectivity index (χ1v) is 8.06. The maximum Gasteiger partial charge on any atom is 0.151 e. The third-order valence-electron chi connectivity index (χ3n) is 4.07. The van der Waals surface area contributed by atoms with Crippen molar-refractivity contribution in [1.29, 1.82) is 0 Å². The summed E-state index contributed by atoms with van der Waals surface area (Å²) in [4.78, 5) is 19.2. The highest BCUT2D eigenvalue weighted by Crippen LogP contribution is 2.26. The molecule has 0 fully saturated rings. The quantitative estimate of drug-likeness (QED) is 0.682. The highest BCUT2D eigenvalue weighted by Gasteiger charge is 2.10. The van der Waals surface area contributed by atoms with Crippen LogP contribution in [0.4, 0.5) is 0 Å². The number of aryl methyl sites for hydroxylation is 1. The van der Waals surface area contributed by atoms with E-state index in [4.69, 9.17) is 0 Å². The van der Waals surface area contributed by atoms with E-state index in [1.165, 1.54) is 5.56 Å². The number of hydrogen-bond acceptors (Lipinski definition) is 3. The minimum atomic E-state index is 0.717. The zero-order valence-electron chi connectivity index (χ0n) is 14.0. The van der Waals surface area contributed by atoms with Crippen LogP contribution in [0.2, 0.25) is 0 Å². The number of aromatic amines is 1. The van der Waals surface area contributed by atoms with Gasteiger partial charge in [-0.15, -0.1) is 0 Å². The predicted molar refractivity (Wildman–Crippen MR) is 97.2 cm³/mol. The molecule has 0 aliphatic heterocycles. The first-order chi connectivity index (χ1) is 11.7. The molecule has 3 aromatic rings. The summed E-state index contributed by atoms with van der Waals surface area (Å²) in [7, 11) is 1.90. The van der Waals surface area contributed by atoms with E-state index in [-0.39, 0.29) is 0 Å². The Balaban J connectivity index is 1.97. The van der Waals surface area contributed by atoms with Gasteiger partial charge < -0.3 is 10.3 Å². The molecule has 2 heterocycles. The number of hydrogen-bond donors (Lipinski definition) is 2. The van der Waals surface area contributed by atoms with Gasteiger partial charge in [0.2, 0.25) is 0 Å². The van der Waals surface area contributed by atoms with Crippen LogP contribution < -0.4 is 5.32 Å². The number of benzene rings is 1. The largest absolute Gasteiger partial charge is 0.358 e. The van der Waals surface area contributed by atoms with Gasteiger partial charge in [-0.1, -0.05) is 23.8 Å². The molecule has 0 aliphatic carbocycles. The molecule has 3 rings (SSSR count). The average molecular weight is 319 g/mol. The van der Waals surface area contributed by atoms with Gasteiger partial charge in [-0.05, 0) is 38.2 Å². The van der Waals surface area contributed by atoms with E-state index in [1.54, 1.807) is 0 Å². The van der Waals surface area contributed by atoms with Crippen LogP contribution in [0.25, 0.3) is 22.5 Å². The number of H-pyrrole nitrogens is 1. The fourth-order valence-electron chi connectivity index (χ4n) is 2.79. The van der Waals surface area contributed by atoms with Crippen molar-refractivity contribution in [2.45, 2.75) is 13.3 Å². The minimum absolute atomic E-state index is 0.717. The number of likely N-dealkylation sites (N-methyl/N-ethyl adjacent to an activating group) is 1. The Morgan fingerprint density at radius 3 is 2.79 bits per heavy atom.